The predicted octanol–water partition coefficient (Wildman–Crippen LogP) is 2.14. The zero-order chi connectivity index (χ0) is 15.9. The van der Waals surface area contributed by atoms with Crippen molar-refractivity contribution in [3.05, 3.63) is 29.8 Å². The second-order valence-electron chi connectivity index (χ2n) is 5.88. The van der Waals surface area contributed by atoms with E-state index in [9.17, 15) is 0 Å². The molecule has 1 aromatic rings. The molecule has 3 N–H and O–H groups in total. The van der Waals surface area contributed by atoms with Gasteiger partial charge in [-0.1, -0.05) is 25.1 Å². The average Bonchev–Trinajstić information content (AvgIpc) is 2.54. The van der Waals surface area contributed by atoms with Crippen molar-refractivity contribution < 1.29 is 4.74 Å². The lowest BCUT2D eigenvalue weighted by molar-refractivity contribution is 0.258. The fourth-order valence-electron chi connectivity index (χ4n) is 2.58. The van der Waals surface area contributed by atoms with Crippen LogP contribution in [0.2, 0.25) is 0 Å². The van der Waals surface area contributed by atoms with Crippen LogP contribution in [0, 0.1) is 0 Å². The summed E-state index contributed by atoms with van der Waals surface area (Å²) in [5, 5.41) is 3.32. The van der Waals surface area contributed by atoms with Gasteiger partial charge in [0.15, 0.2) is 5.96 Å². The number of nitrogens with zero attached hydrogens (tertiary/aromatic N) is 2. The van der Waals surface area contributed by atoms with Crippen LogP contribution in [0.1, 0.15) is 38.3 Å². The fourth-order valence-corrected chi connectivity index (χ4v) is 2.58. The molecule has 0 radical (unpaired) electrons. The number of aliphatic imine (C=N–C) groups is 1. The number of benzene rings is 1. The Labute approximate surface area is 133 Å². The van der Waals surface area contributed by atoms with E-state index < -0.39 is 0 Å². The Morgan fingerprint density at radius 2 is 2.27 bits per heavy atom. The molecule has 5 heteroatoms. The average molecular weight is 304 g/mol. The van der Waals surface area contributed by atoms with Crippen LogP contribution >= 0.6 is 0 Å². The fraction of sp³-hybridized carbons (Fsp3) is 0.588. The van der Waals surface area contributed by atoms with Gasteiger partial charge in [-0.05, 0) is 26.5 Å². The second-order valence-corrected chi connectivity index (χ2v) is 5.88. The van der Waals surface area contributed by atoms with E-state index in [1.54, 1.807) is 0 Å². The molecule has 0 saturated carbocycles. The third-order valence-corrected chi connectivity index (χ3v) is 4.36. The second kappa shape index (κ2) is 8.03. The highest BCUT2D eigenvalue weighted by Crippen LogP contribution is 2.31. The first kappa shape index (κ1) is 16.6. The van der Waals surface area contributed by atoms with E-state index in [1.807, 2.05) is 18.2 Å². The molecular weight excluding hydrogens is 276 g/mol. The van der Waals surface area contributed by atoms with Crippen LogP contribution in [-0.2, 0) is 0 Å². The summed E-state index contributed by atoms with van der Waals surface area (Å²) < 4.78 is 5.66. The van der Waals surface area contributed by atoms with E-state index in [1.165, 1.54) is 0 Å². The van der Waals surface area contributed by atoms with Gasteiger partial charge in [0.05, 0.1) is 19.2 Å². The molecule has 2 unspecified atom stereocenters. The molecule has 0 saturated heterocycles. The van der Waals surface area contributed by atoms with Crippen LogP contribution in [-0.4, -0.2) is 43.6 Å². The third-order valence-electron chi connectivity index (χ3n) is 4.36. The number of ether oxygens (including phenoxy) is 1. The van der Waals surface area contributed by atoms with Crippen molar-refractivity contribution >= 4 is 5.96 Å². The lowest BCUT2D eigenvalue weighted by atomic mass is 10.0. The van der Waals surface area contributed by atoms with Gasteiger partial charge in [-0.15, -0.1) is 0 Å². The number of nitrogens with two attached hydrogens (primary N) is 1. The molecular formula is C17H28N4O. The highest BCUT2D eigenvalue weighted by molar-refractivity contribution is 5.78. The molecule has 22 heavy (non-hydrogen) atoms. The van der Waals surface area contributed by atoms with E-state index in [0.29, 0.717) is 25.2 Å². The molecule has 5 nitrogen and oxygen atoms in total. The molecule has 2 rings (SSSR count). The van der Waals surface area contributed by atoms with E-state index in [4.69, 9.17) is 10.5 Å². The number of hydrogen-bond acceptors (Lipinski definition) is 3. The standard InChI is InChI=1S/C17H28N4O/c1-4-13(2)21(3)11-10-19-17(18)20-15-9-12-22-16-8-6-5-7-14(15)16/h5-8,13,15H,4,9-12H2,1-3H3,(H3,18,19,20). The SMILES string of the molecule is CCC(C)N(C)CCN=C(N)NC1CCOc2ccccc21. The van der Waals surface area contributed by atoms with Crippen molar-refractivity contribution in [2.45, 2.75) is 38.8 Å². The minimum absolute atomic E-state index is 0.181. The number of guanidine groups is 1. The molecule has 122 valence electrons. The van der Waals surface area contributed by atoms with E-state index in [2.05, 4.69) is 42.2 Å². The van der Waals surface area contributed by atoms with Gasteiger partial charge in [-0.3, -0.25) is 4.99 Å². The van der Waals surface area contributed by atoms with Gasteiger partial charge in [-0.2, -0.15) is 0 Å². The maximum Gasteiger partial charge on any atom is 0.189 e. The molecule has 0 spiro atoms. The number of para-hydroxylation sites is 1. The predicted molar refractivity (Wildman–Crippen MR) is 91.3 cm³/mol. The normalized spacial score (nSPS) is 19.5. The molecule has 0 aromatic heterocycles. The van der Waals surface area contributed by atoms with Crippen molar-refractivity contribution in [2.75, 3.05) is 26.7 Å². The van der Waals surface area contributed by atoms with Crippen LogP contribution in [0.5, 0.6) is 5.75 Å². The lowest BCUT2D eigenvalue weighted by Crippen LogP contribution is -2.38. The zero-order valence-electron chi connectivity index (χ0n) is 13.9. The van der Waals surface area contributed by atoms with Crippen molar-refractivity contribution in [3.63, 3.8) is 0 Å². The molecule has 1 aliphatic rings. The summed E-state index contributed by atoms with van der Waals surface area (Å²) in [5.74, 6) is 1.45. The smallest absolute Gasteiger partial charge is 0.189 e. The number of rotatable bonds is 6. The maximum atomic E-state index is 6.04. The van der Waals surface area contributed by atoms with Gasteiger partial charge in [-0.25, -0.2) is 0 Å². The van der Waals surface area contributed by atoms with Crippen LogP contribution in [0.3, 0.4) is 0 Å². The number of nitrogens with one attached hydrogen (secondary N) is 1. The molecule has 0 fully saturated rings. The Morgan fingerprint density at radius 3 is 3.05 bits per heavy atom. The van der Waals surface area contributed by atoms with Gasteiger partial charge in [0, 0.05) is 24.6 Å². The summed E-state index contributed by atoms with van der Waals surface area (Å²) in [4.78, 5) is 6.75. The Balaban J connectivity index is 1.87. The Hall–Kier alpha value is -1.75. The Kier molecular flexibility index (Phi) is 6.07. The molecule has 2 atom stereocenters. The molecule has 0 bridgehead atoms. The van der Waals surface area contributed by atoms with Crippen LogP contribution in [0.25, 0.3) is 0 Å². The van der Waals surface area contributed by atoms with Crippen LogP contribution < -0.4 is 15.8 Å². The minimum atomic E-state index is 0.181. The number of likely N-dealkylation sites (N-methyl/N-ethyl adjacent to an activating group) is 1. The Bertz CT molecular complexity index is 503. The third kappa shape index (κ3) is 4.37. The van der Waals surface area contributed by atoms with Crippen molar-refractivity contribution in [1.29, 1.82) is 0 Å². The first-order valence-corrected chi connectivity index (χ1v) is 8.10. The summed E-state index contributed by atoms with van der Waals surface area (Å²) in [6.07, 6.45) is 2.05. The number of fused-ring (bicyclic) bond motifs is 1. The molecule has 1 heterocycles. The number of hydrogen-bond donors (Lipinski definition) is 2. The first-order chi connectivity index (χ1) is 10.6. The molecule has 0 aliphatic carbocycles. The quantitative estimate of drug-likeness (QED) is 0.624. The van der Waals surface area contributed by atoms with Gasteiger partial charge in [0.25, 0.3) is 0 Å². The summed E-state index contributed by atoms with van der Waals surface area (Å²) in [5.41, 5.74) is 7.19. The molecule has 1 aromatic carbocycles. The molecule has 0 amide bonds. The van der Waals surface area contributed by atoms with Gasteiger partial charge < -0.3 is 20.7 Å². The van der Waals surface area contributed by atoms with Crippen molar-refractivity contribution in [3.8, 4) is 5.75 Å². The highest BCUT2D eigenvalue weighted by atomic mass is 16.5. The zero-order valence-corrected chi connectivity index (χ0v) is 13.9. The summed E-state index contributed by atoms with van der Waals surface area (Å²) in [6, 6.07) is 8.85. The molecule has 1 aliphatic heterocycles. The topological polar surface area (TPSA) is 62.9 Å². The largest absolute Gasteiger partial charge is 0.493 e. The van der Waals surface area contributed by atoms with Gasteiger partial charge in [0.2, 0.25) is 0 Å². The lowest BCUT2D eigenvalue weighted by Gasteiger charge is -2.27. The van der Waals surface area contributed by atoms with Crippen molar-refractivity contribution in [1.82, 2.24) is 10.2 Å². The minimum Gasteiger partial charge on any atom is -0.493 e. The van der Waals surface area contributed by atoms with E-state index in [-0.39, 0.29) is 6.04 Å². The first-order valence-electron chi connectivity index (χ1n) is 8.10. The van der Waals surface area contributed by atoms with Gasteiger partial charge in [0.1, 0.15) is 5.75 Å². The Morgan fingerprint density at radius 1 is 1.50 bits per heavy atom. The summed E-state index contributed by atoms with van der Waals surface area (Å²) in [7, 11) is 2.13. The van der Waals surface area contributed by atoms with Gasteiger partial charge >= 0.3 is 0 Å². The van der Waals surface area contributed by atoms with Crippen LogP contribution in [0.15, 0.2) is 29.3 Å². The maximum absolute atomic E-state index is 6.04. The van der Waals surface area contributed by atoms with E-state index >= 15 is 0 Å². The summed E-state index contributed by atoms with van der Waals surface area (Å²) >= 11 is 0. The van der Waals surface area contributed by atoms with E-state index in [0.717, 1.165) is 30.7 Å². The monoisotopic (exact) mass is 304 g/mol. The van der Waals surface area contributed by atoms with Crippen LogP contribution in [0.4, 0.5) is 0 Å². The van der Waals surface area contributed by atoms with Crippen molar-refractivity contribution in [2.24, 2.45) is 10.7 Å². The highest BCUT2D eigenvalue weighted by Gasteiger charge is 2.21. The summed E-state index contributed by atoms with van der Waals surface area (Å²) in [6.45, 7) is 6.76.